The van der Waals surface area contributed by atoms with Crippen molar-refractivity contribution in [1.82, 2.24) is 19.2 Å². The molecule has 8 heteroatoms. The Balaban J connectivity index is 1.67. The molecule has 0 aliphatic carbocycles. The predicted molar refractivity (Wildman–Crippen MR) is 121 cm³/mol. The summed E-state index contributed by atoms with van der Waals surface area (Å²) in [6.45, 7) is 7.56. The van der Waals surface area contributed by atoms with Crippen LogP contribution in [0.1, 0.15) is 22.4 Å². The van der Waals surface area contributed by atoms with Crippen LogP contribution in [-0.2, 0) is 11.3 Å². The number of carbonyl (C=O) groups excluding carboxylic acids is 1. The van der Waals surface area contributed by atoms with Crippen LogP contribution in [0.2, 0.25) is 0 Å². The van der Waals surface area contributed by atoms with Gasteiger partial charge < -0.3 is 10.6 Å². The van der Waals surface area contributed by atoms with Gasteiger partial charge in [-0.1, -0.05) is 24.3 Å². The molecule has 0 saturated carbocycles. The molecule has 0 aliphatic heterocycles. The number of amides is 1. The molecule has 4 aromatic rings. The Labute approximate surface area is 179 Å². The van der Waals surface area contributed by atoms with Crippen LogP contribution in [0.5, 0.6) is 0 Å². The van der Waals surface area contributed by atoms with E-state index < -0.39 is 5.69 Å². The molecule has 0 spiro atoms. The Kier molecular flexibility index (Phi) is 5.29. The van der Waals surface area contributed by atoms with E-state index in [1.807, 2.05) is 64.1 Å². The first-order valence-electron chi connectivity index (χ1n) is 9.98. The molecule has 2 N–H and O–H groups in total. The molecule has 0 radical (unpaired) electrons. The van der Waals surface area contributed by atoms with Crippen molar-refractivity contribution in [2.24, 2.45) is 0 Å². The van der Waals surface area contributed by atoms with E-state index in [4.69, 9.17) is 0 Å². The number of rotatable bonds is 5. The van der Waals surface area contributed by atoms with E-state index in [-0.39, 0.29) is 12.5 Å². The van der Waals surface area contributed by atoms with Gasteiger partial charge in [0.15, 0.2) is 5.65 Å². The van der Waals surface area contributed by atoms with Gasteiger partial charge in [0.05, 0.1) is 0 Å². The average Bonchev–Trinajstić information content (AvgIpc) is 2.98. The number of nitrogens with zero attached hydrogens (tertiary/aromatic N) is 4. The third kappa shape index (κ3) is 4.32. The quantitative estimate of drug-likeness (QED) is 0.519. The number of hydrogen-bond acceptors (Lipinski definition) is 5. The highest BCUT2D eigenvalue weighted by Gasteiger charge is 2.16. The SMILES string of the molecule is Cc1cc(C)cc(Nc2nc(C)cc3nn(CC(=O)Nc4ccccc4C)c(=O)n23)c1. The highest BCUT2D eigenvalue weighted by Crippen LogP contribution is 2.19. The Morgan fingerprint density at radius 2 is 1.71 bits per heavy atom. The standard InChI is InChI=1S/C23H24N6O2/c1-14-9-15(2)11-18(10-14)25-22-24-17(4)12-20-27-28(23(31)29(20)22)13-21(30)26-19-8-6-5-7-16(19)3/h5-12H,13H2,1-4H3,(H,24,25)(H,26,30). The van der Waals surface area contributed by atoms with Gasteiger partial charge in [0.25, 0.3) is 0 Å². The average molecular weight is 416 g/mol. The van der Waals surface area contributed by atoms with E-state index in [9.17, 15) is 9.59 Å². The minimum Gasteiger partial charge on any atom is -0.325 e. The van der Waals surface area contributed by atoms with Gasteiger partial charge in [0.1, 0.15) is 6.54 Å². The number of hydrogen-bond donors (Lipinski definition) is 2. The van der Waals surface area contributed by atoms with Gasteiger partial charge in [-0.15, -0.1) is 5.10 Å². The summed E-state index contributed by atoms with van der Waals surface area (Å²) in [7, 11) is 0. The second-order valence-corrected chi connectivity index (χ2v) is 7.72. The largest absolute Gasteiger partial charge is 0.353 e. The molecule has 4 rings (SSSR count). The molecule has 0 saturated heterocycles. The molecule has 0 aliphatic rings. The van der Waals surface area contributed by atoms with Crippen molar-refractivity contribution in [1.29, 1.82) is 0 Å². The monoisotopic (exact) mass is 416 g/mol. The number of anilines is 3. The van der Waals surface area contributed by atoms with E-state index in [1.165, 1.54) is 4.40 Å². The fourth-order valence-corrected chi connectivity index (χ4v) is 3.55. The molecule has 0 bridgehead atoms. The summed E-state index contributed by atoms with van der Waals surface area (Å²) in [5.41, 5.74) is 5.37. The highest BCUT2D eigenvalue weighted by atomic mass is 16.2. The van der Waals surface area contributed by atoms with Crippen molar-refractivity contribution in [3.63, 3.8) is 0 Å². The lowest BCUT2D eigenvalue weighted by Gasteiger charge is -2.09. The van der Waals surface area contributed by atoms with Crippen LogP contribution in [0, 0.1) is 27.7 Å². The molecule has 1 amide bonds. The summed E-state index contributed by atoms with van der Waals surface area (Å²) < 4.78 is 2.53. The molecule has 158 valence electrons. The van der Waals surface area contributed by atoms with Crippen LogP contribution in [0.15, 0.2) is 53.3 Å². The summed E-state index contributed by atoms with van der Waals surface area (Å²) >= 11 is 0. The summed E-state index contributed by atoms with van der Waals surface area (Å²) in [6.07, 6.45) is 0. The van der Waals surface area contributed by atoms with Gasteiger partial charge in [-0.2, -0.15) is 0 Å². The van der Waals surface area contributed by atoms with Gasteiger partial charge in [-0.25, -0.2) is 18.9 Å². The molecule has 2 aromatic carbocycles. The molecule has 2 heterocycles. The minimum absolute atomic E-state index is 0.198. The van der Waals surface area contributed by atoms with E-state index in [2.05, 4.69) is 26.8 Å². The zero-order valence-corrected chi connectivity index (χ0v) is 17.9. The summed E-state index contributed by atoms with van der Waals surface area (Å²) in [4.78, 5) is 30.1. The maximum atomic E-state index is 13.0. The number of benzene rings is 2. The zero-order chi connectivity index (χ0) is 22.1. The lowest BCUT2D eigenvalue weighted by molar-refractivity contribution is -0.117. The molecular weight excluding hydrogens is 392 g/mol. The molecule has 8 nitrogen and oxygen atoms in total. The number of aryl methyl sites for hydroxylation is 4. The minimum atomic E-state index is -0.436. The van der Waals surface area contributed by atoms with Gasteiger partial charge in [-0.3, -0.25) is 4.79 Å². The Morgan fingerprint density at radius 1 is 1.00 bits per heavy atom. The molecule has 0 fully saturated rings. The lowest BCUT2D eigenvalue weighted by Crippen LogP contribution is -2.29. The van der Waals surface area contributed by atoms with Crippen molar-refractivity contribution in [2.45, 2.75) is 34.2 Å². The zero-order valence-electron chi connectivity index (χ0n) is 17.9. The second-order valence-electron chi connectivity index (χ2n) is 7.72. The van der Waals surface area contributed by atoms with Crippen molar-refractivity contribution >= 4 is 28.9 Å². The van der Waals surface area contributed by atoms with Gasteiger partial charge in [0, 0.05) is 23.1 Å². The van der Waals surface area contributed by atoms with E-state index in [0.717, 1.165) is 27.1 Å². The van der Waals surface area contributed by atoms with Crippen LogP contribution < -0.4 is 16.3 Å². The van der Waals surface area contributed by atoms with Crippen LogP contribution in [0.4, 0.5) is 17.3 Å². The predicted octanol–water partition coefficient (Wildman–Crippen LogP) is 3.51. The third-order valence-corrected chi connectivity index (χ3v) is 4.89. The van der Waals surface area contributed by atoms with Gasteiger partial charge in [-0.05, 0) is 62.6 Å². The lowest BCUT2D eigenvalue weighted by atomic mass is 10.1. The molecular formula is C23H24N6O2. The first-order chi connectivity index (χ1) is 14.8. The number of nitrogens with one attached hydrogen (secondary N) is 2. The van der Waals surface area contributed by atoms with Crippen molar-refractivity contribution in [2.75, 3.05) is 10.6 Å². The number of carbonyl (C=O) groups is 1. The molecule has 0 atom stereocenters. The second kappa shape index (κ2) is 8.06. The Morgan fingerprint density at radius 3 is 2.42 bits per heavy atom. The van der Waals surface area contributed by atoms with Crippen molar-refractivity contribution in [3.05, 3.63) is 81.4 Å². The normalized spacial score (nSPS) is 11.0. The van der Waals surface area contributed by atoms with Crippen LogP contribution in [0.3, 0.4) is 0 Å². The Hall–Kier alpha value is -3.94. The third-order valence-electron chi connectivity index (χ3n) is 4.89. The highest BCUT2D eigenvalue weighted by molar-refractivity contribution is 5.91. The van der Waals surface area contributed by atoms with Gasteiger partial charge >= 0.3 is 5.69 Å². The van der Waals surface area contributed by atoms with Gasteiger partial charge in [0.2, 0.25) is 11.9 Å². The van der Waals surface area contributed by atoms with Crippen LogP contribution in [0.25, 0.3) is 5.65 Å². The fourth-order valence-electron chi connectivity index (χ4n) is 3.55. The summed E-state index contributed by atoms with van der Waals surface area (Å²) in [6, 6.07) is 15.2. The summed E-state index contributed by atoms with van der Waals surface area (Å²) in [5.74, 6) is 0.0314. The first kappa shape index (κ1) is 20.3. The van der Waals surface area contributed by atoms with E-state index >= 15 is 0 Å². The maximum Gasteiger partial charge on any atom is 0.353 e. The van der Waals surface area contributed by atoms with Crippen molar-refractivity contribution < 1.29 is 4.79 Å². The van der Waals surface area contributed by atoms with Crippen LogP contribution >= 0.6 is 0 Å². The fraction of sp³-hybridized carbons (Fsp3) is 0.217. The topological polar surface area (TPSA) is 93.3 Å². The molecule has 31 heavy (non-hydrogen) atoms. The number of fused-ring (bicyclic) bond motifs is 1. The Bertz CT molecular complexity index is 1330. The smallest absolute Gasteiger partial charge is 0.325 e. The molecule has 0 unspecified atom stereocenters. The first-order valence-corrected chi connectivity index (χ1v) is 9.98. The van der Waals surface area contributed by atoms with E-state index in [0.29, 0.717) is 23.0 Å². The number of aromatic nitrogens is 4. The van der Waals surface area contributed by atoms with E-state index in [1.54, 1.807) is 6.07 Å². The summed E-state index contributed by atoms with van der Waals surface area (Å²) in [5, 5.41) is 10.4. The molecule has 2 aromatic heterocycles. The number of para-hydroxylation sites is 1. The van der Waals surface area contributed by atoms with Crippen molar-refractivity contribution in [3.8, 4) is 0 Å². The van der Waals surface area contributed by atoms with Crippen LogP contribution in [-0.4, -0.2) is 25.1 Å². The maximum absolute atomic E-state index is 13.0.